The van der Waals surface area contributed by atoms with E-state index in [1.54, 1.807) is 6.92 Å². The first-order valence-corrected chi connectivity index (χ1v) is 9.05. The molecule has 2 rings (SSSR count). The van der Waals surface area contributed by atoms with Crippen molar-refractivity contribution in [2.75, 3.05) is 0 Å². The van der Waals surface area contributed by atoms with Crippen LogP contribution >= 0.6 is 0 Å². The number of hydrogen-bond donors (Lipinski definition) is 1. The topological polar surface area (TPSA) is 54.4 Å². The Labute approximate surface area is 145 Å². The highest BCUT2D eigenvalue weighted by Crippen LogP contribution is 2.56. The Morgan fingerprint density at radius 3 is 2.04 bits per heavy atom. The van der Waals surface area contributed by atoms with Gasteiger partial charge in [-0.3, -0.25) is 9.59 Å². The second-order valence-corrected chi connectivity index (χ2v) is 7.78. The predicted molar refractivity (Wildman–Crippen MR) is 96.5 cm³/mol. The van der Waals surface area contributed by atoms with Gasteiger partial charge >= 0.3 is 5.97 Å². The van der Waals surface area contributed by atoms with Crippen molar-refractivity contribution in [2.24, 2.45) is 10.8 Å². The lowest BCUT2D eigenvalue weighted by Gasteiger charge is -2.43. The molecule has 3 nitrogen and oxygen atoms in total. The maximum atomic E-state index is 13.7. The maximum absolute atomic E-state index is 13.7. The normalized spacial score (nSPS) is 19.0. The number of carboxylic acids is 1. The molecular formula is C21H30O3. The molecule has 1 aliphatic carbocycles. The number of carboxylic acid groups (broad SMARTS) is 1. The summed E-state index contributed by atoms with van der Waals surface area (Å²) in [6, 6.07) is 4.06. The van der Waals surface area contributed by atoms with E-state index in [0.29, 0.717) is 19.3 Å². The van der Waals surface area contributed by atoms with Gasteiger partial charge in [0.2, 0.25) is 0 Å². The van der Waals surface area contributed by atoms with Crippen LogP contribution in [0, 0.1) is 31.6 Å². The molecule has 1 aromatic rings. The number of hydrogen-bond acceptors (Lipinski definition) is 2. The van der Waals surface area contributed by atoms with Gasteiger partial charge in [-0.1, -0.05) is 43.9 Å². The highest BCUT2D eigenvalue weighted by Gasteiger charge is 2.58. The summed E-state index contributed by atoms with van der Waals surface area (Å²) < 4.78 is 0. The summed E-state index contributed by atoms with van der Waals surface area (Å²) in [7, 11) is 0. The van der Waals surface area contributed by atoms with E-state index in [2.05, 4.69) is 0 Å². The molecule has 132 valence electrons. The second-order valence-electron chi connectivity index (χ2n) is 7.78. The van der Waals surface area contributed by atoms with Crippen molar-refractivity contribution < 1.29 is 14.7 Å². The van der Waals surface area contributed by atoms with Gasteiger partial charge in [0.1, 0.15) is 0 Å². The highest BCUT2D eigenvalue weighted by molar-refractivity contribution is 6.06. The van der Waals surface area contributed by atoms with E-state index >= 15 is 0 Å². The fourth-order valence-corrected chi connectivity index (χ4v) is 4.84. The third-order valence-electron chi connectivity index (χ3n) is 6.07. The maximum Gasteiger partial charge on any atom is 0.310 e. The van der Waals surface area contributed by atoms with Gasteiger partial charge in [-0.25, -0.2) is 0 Å². The monoisotopic (exact) mass is 330 g/mol. The minimum Gasteiger partial charge on any atom is -0.481 e. The number of benzene rings is 1. The summed E-state index contributed by atoms with van der Waals surface area (Å²) in [5, 5.41) is 10.0. The molecule has 3 heteroatoms. The number of Topliss-reactive ketones (excluding diaryl/α,β-unsaturated/α-hetero) is 1. The standard InChI is InChI=1S/C21H30O3/c1-6-9-20(5,19(23)24)21(10-7-8-11-21)18(22)17-15(3)12-14(2)13-16(17)4/h12-13H,6-11H2,1-5H3,(H,23,24). The number of ketones is 1. The number of aliphatic carboxylic acids is 1. The summed E-state index contributed by atoms with van der Waals surface area (Å²) in [6.07, 6.45) is 4.54. The van der Waals surface area contributed by atoms with Crippen molar-refractivity contribution >= 4 is 11.8 Å². The van der Waals surface area contributed by atoms with Gasteiger partial charge in [-0.2, -0.15) is 0 Å². The first-order chi connectivity index (χ1) is 11.2. The number of aryl methyl sites for hydroxylation is 3. The zero-order valence-corrected chi connectivity index (χ0v) is 15.7. The number of rotatable bonds is 6. The van der Waals surface area contributed by atoms with Gasteiger partial charge in [-0.05, 0) is 58.1 Å². The minimum absolute atomic E-state index is 0.0494. The second kappa shape index (κ2) is 6.70. The van der Waals surface area contributed by atoms with Crippen molar-refractivity contribution in [3.63, 3.8) is 0 Å². The van der Waals surface area contributed by atoms with E-state index in [9.17, 15) is 14.7 Å². The largest absolute Gasteiger partial charge is 0.481 e. The average Bonchev–Trinajstić information content (AvgIpc) is 2.97. The molecule has 1 aliphatic rings. The molecule has 0 aromatic heterocycles. The Morgan fingerprint density at radius 1 is 1.12 bits per heavy atom. The average molecular weight is 330 g/mol. The Hall–Kier alpha value is -1.64. The molecule has 0 bridgehead atoms. The summed E-state index contributed by atoms with van der Waals surface area (Å²) in [4.78, 5) is 25.9. The predicted octanol–water partition coefficient (Wildman–Crippen LogP) is 5.25. The molecule has 1 fully saturated rings. The third kappa shape index (κ3) is 2.78. The third-order valence-corrected chi connectivity index (χ3v) is 6.07. The number of carbonyl (C=O) groups excluding carboxylic acids is 1. The van der Waals surface area contributed by atoms with Gasteiger partial charge in [0.15, 0.2) is 5.78 Å². The fourth-order valence-electron chi connectivity index (χ4n) is 4.84. The van der Waals surface area contributed by atoms with Crippen molar-refractivity contribution in [3.05, 3.63) is 34.4 Å². The molecule has 1 saturated carbocycles. The summed E-state index contributed by atoms with van der Waals surface area (Å²) in [5.74, 6) is -0.782. The quantitative estimate of drug-likeness (QED) is 0.725. The fraction of sp³-hybridized carbons (Fsp3) is 0.619. The van der Waals surface area contributed by atoms with Crippen molar-refractivity contribution in [1.29, 1.82) is 0 Å². The lowest BCUT2D eigenvalue weighted by molar-refractivity contribution is -0.155. The van der Waals surface area contributed by atoms with Crippen LogP contribution in [0.25, 0.3) is 0 Å². The lowest BCUT2D eigenvalue weighted by Crippen LogP contribution is -2.49. The van der Waals surface area contributed by atoms with Crippen LogP contribution in [0.3, 0.4) is 0 Å². The summed E-state index contributed by atoms with van der Waals surface area (Å²) in [5.41, 5.74) is 2.03. The van der Waals surface area contributed by atoms with E-state index in [-0.39, 0.29) is 5.78 Å². The van der Waals surface area contributed by atoms with Crippen LogP contribution in [0.1, 0.15) is 79.4 Å². The van der Waals surface area contributed by atoms with Gasteiger partial charge < -0.3 is 5.11 Å². The molecule has 1 aromatic carbocycles. The first kappa shape index (κ1) is 18.7. The Bertz CT molecular complexity index is 630. The highest BCUT2D eigenvalue weighted by atomic mass is 16.4. The van der Waals surface area contributed by atoms with Gasteiger partial charge in [0, 0.05) is 11.0 Å². The molecule has 24 heavy (non-hydrogen) atoms. The van der Waals surface area contributed by atoms with Crippen LogP contribution in [0.4, 0.5) is 0 Å². The van der Waals surface area contributed by atoms with E-state index in [1.807, 2.05) is 39.8 Å². The molecular weight excluding hydrogens is 300 g/mol. The SMILES string of the molecule is CCCC(C)(C(=O)O)C1(C(=O)c2c(C)cc(C)cc2C)CCCC1. The molecule has 0 aliphatic heterocycles. The van der Waals surface area contributed by atoms with Gasteiger partial charge in [0.25, 0.3) is 0 Å². The van der Waals surface area contributed by atoms with E-state index in [1.165, 1.54) is 0 Å². The zero-order valence-electron chi connectivity index (χ0n) is 15.7. The molecule has 1 atom stereocenters. The van der Waals surface area contributed by atoms with E-state index < -0.39 is 16.8 Å². The summed E-state index contributed by atoms with van der Waals surface area (Å²) >= 11 is 0. The molecule has 1 unspecified atom stereocenters. The molecule has 0 spiro atoms. The zero-order chi connectivity index (χ0) is 18.1. The Balaban J connectivity index is 2.63. The Morgan fingerprint density at radius 2 is 1.62 bits per heavy atom. The smallest absolute Gasteiger partial charge is 0.310 e. The van der Waals surface area contributed by atoms with Gasteiger partial charge in [0.05, 0.1) is 5.41 Å². The van der Waals surface area contributed by atoms with Crippen molar-refractivity contribution in [1.82, 2.24) is 0 Å². The Kier molecular flexibility index (Phi) is 5.22. The van der Waals surface area contributed by atoms with Crippen LogP contribution in [0.2, 0.25) is 0 Å². The van der Waals surface area contributed by atoms with Crippen molar-refractivity contribution in [2.45, 2.75) is 73.1 Å². The van der Waals surface area contributed by atoms with E-state index in [0.717, 1.165) is 41.5 Å². The van der Waals surface area contributed by atoms with E-state index in [4.69, 9.17) is 0 Å². The van der Waals surface area contributed by atoms with Crippen LogP contribution in [-0.4, -0.2) is 16.9 Å². The van der Waals surface area contributed by atoms with Crippen molar-refractivity contribution in [3.8, 4) is 0 Å². The molecule has 0 heterocycles. The van der Waals surface area contributed by atoms with Crippen LogP contribution < -0.4 is 0 Å². The van der Waals surface area contributed by atoms with Crippen LogP contribution in [0.5, 0.6) is 0 Å². The lowest BCUT2D eigenvalue weighted by atomic mass is 9.57. The molecule has 0 amide bonds. The van der Waals surface area contributed by atoms with Crippen LogP contribution in [0.15, 0.2) is 12.1 Å². The molecule has 1 N–H and O–H groups in total. The van der Waals surface area contributed by atoms with Crippen LogP contribution in [-0.2, 0) is 4.79 Å². The number of carbonyl (C=O) groups is 2. The minimum atomic E-state index is -1.00. The summed E-state index contributed by atoms with van der Waals surface area (Å²) in [6.45, 7) is 9.75. The van der Waals surface area contributed by atoms with Gasteiger partial charge in [-0.15, -0.1) is 0 Å². The molecule has 0 radical (unpaired) electrons. The first-order valence-electron chi connectivity index (χ1n) is 9.05. The molecule has 0 saturated heterocycles.